The first-order valence-electron chi connectivity index (χ1n) is 7.26. The molecule has 1 aliphatic rings. The molecule has 21 heavy (non-hydrogen) atoms. The van der Waals surface area contributed by atoms with E-state index in [0.717, 1.165) is 24.9 Å². The number of carbonyl (C=O) groups is 1. The highest BCUT2D eigenvalue weighted by Gasteiger charge is 2.31. The largest absolute Gasteiger partial charge is 0.331 e. The fourth-order valence-corrected chi connectivity index (χ4v) is 3.66. The Balaban J connectivity index is 1.67. The van der Waals surface area contributed by atoms with E-state index in [0.29, 0.717) is 0 Å². The van der Waals surface area contributed by atoms with E-state index in [1.165, 1.54) is 4.88 Å². The second kappa shape index (κ2) is 6.26. The lowest BCUT2D eigenvalue weighted by Gasteiger charge is -2.26. The summed E-state index contributed by atoms with van der Waals surface area (Å²) in [5.74, 6) is 0. The summed E-state index contributed by atoms with van der Waals surface area (Å²) in [5.41, 5.74) is 1.07. The van der Waals surface area contributed by atoms with Crippen LogP contribution in [0, 0.1) is 0 Å². The first-order chi connectivity index (χ1) is 10.3. The van der Waals surface area contributed by atoms with Gasteiger partial charge in [0.25, 0.3) is 0 Å². The molecule has 1 fully saturated rings. The quantitative estimate of drug-likeness (QED) is 0.938. The van der Waals surface area contributed by atoms with E-state index in [9.17, 15) is 4.79 Å². The highest BCUT2D eigenvalue weighted by atomic mass is 32.1. The van der Waals surface area contributed by atoms with Gasteiger partial charge in [-0.05, 0) is 48.9 Å². The van der Waals surface area contributed by atoms with Gasteiger partial charge in [-0.25, -0.2) is 4.79 Å². The van der Waals surface area contributed by atoms with Gasteiger partial charge in [-0.15, -0.1) is 11.3 Å². The second-order valence-electron chi connectivity index (χ2n) is 5.32. The lowest BCUT2D eigenvalue weighted by Crippen LogP contribution is -2.40. The molecule has 0 saturated carbocycles. The number of nitrogens with zero attached hydrogens (tertiary/aromatic N) is 2. The van der Waals surface area contributed by atoms with Crippen molar-refractivity contribution in [2.24, 2.45) is 0 Å². The molecule has 110 valence electrons. The highest BCUT2D eigenvalue weighted by molar-refractivity contribution is 7.10. The molecule has 1 aliphatic heterocycles. The number of rotatable bonds is 3. The van der Waals surface area contributed by atoms with Gasteiger partial charge >= 0.3 is 6.03 Å². The third kappa shape index (κ3) is 3.08. The van der Waals surface area contributed by atoms with Crippen LogP contribution in [0.4, 0.5) is 4.79 Å². The summed E-state index contributed by atoms with van der Waals surface area (Å²) in [6, 6.07) is 8.29. The number of nitrogens with one attached hydrogen (secondary N) is 1. The van der Waals surface area contributed by atoms with Crippen LogP contribution in [-0.2, 0) is 0 Å². The molecule has 0 aromatic carbocycles. The molecular weight excluding hydrogens is 282 g/mol. The predicted molar refractivity (Wildman–Crippen MR) is 84.2 cm³/mol. The number of amides is 2. The maximum Gasteiger partial charge on any atom is 0.318 e. The molecule has 0 radical (unpaired) electrons. The zero-order valence-corrected chi connectivity index (χ0v) is 12.8. The van der Waals surface area contributed by atoms with Crippen molar-refractivity contribution < 1.29 is 4.79 Å². The Hall–Kier alpha value is -1.88. The Morgan fingerprint density at radius 3 is 2.95 bits per heavy atom. The van der Waals surface area contributed by atoms with E-state index >= 15 is 0 Å². The molecule has 1 N–H and O–H groups in total. The third-order valence-corrected chi connectivity index (χ3v) is 4.90. The smallest absolute Gasteiger partial charge is 0.318 e. The monoisotopic (exact) mass is 301 g/mol. The van der Waals surface area contributed by atoms with Gasteiger partial charge in [0.15, 0.2) is 0 Å². The van der Waals surface area contributed by atoms with Crippen molar-refractivity contribution >= 4 is 17.4 Å². The molecule has 0 spiro atoms. The molecule has 4 nitrogen and oxygen atoms in total. The molecule has 5 heteroatoms. The van der Waals surface area contributed by atoms with E-state index in [1.807, 2.05) is 30.0 Å². The van der Waals surface area contributed by atoms with Crippen LogP contribution >= 0.6 is 11.3 Å². The Morgan fingerprint density at radius 1 is 1.43 bits per heavy atom. The summed E-state index contributed by atoms with van der Waals surface area (Å²) in [6.45, 7) is 2.83. The van der Waals surface area contributed by atoms with Crippen LogP contribution in [0.3, 0.4) is 0 Å². The van der Waals surface area contributed by atoms with Crippen LogP contribution in [-0.4, -0.2) is 22.5 Å². The van der Waals surface area contributed by atoms with Crippen molar-refractivity contribution in [2.75, 3.05) is 6.54 Å². The predicted octanol–water partition coefficient (Wildman–Crippen LogP) is 3.75. The van der Waals surface area contributed by atoms with Gasteiger partial charge in [0, 0.05) is 23.8 Å². The molecule has 2 atom stereocenters. The van der Waals surface area contributed by atoms with E-state index < -0.39 is 0 Å². The van der Waals surface area contributed by atoms with E-state index in [2.05, 4.69) is 21.7 Å². The van der Waals surface area contributed by atoms with Crippen LogP contribution in [0.25, 0.3) is 0 Å². The molecule has 3 heterocycles. The van der Waals surface area contributed by atoms with Gasteiger partial charge in [-0.3, -0.25) is 4.98 Å². The lowest BCUT2D eigenvalue weighted by atomic mass is 10.1. The van der Waals surface area contributed by atoms with Crippen LogP contribution in [0.2, 0.25) is 0 Å². The minimum atomic E-state index is -0.00918. The molecule has 2 amide bonds. The number of aromatic nitrogens is 1. The topological polar surface area (TPSA) is 45.2 Å². The van der Waals surface area contributed by atoms with Crippen molar-refractivity contribution in [2.45, 2.75) is 31.8 Å². The van der Waals surface area contributed by atoms with E-state index in [4.69, 9.17) is 0 Å². The maximum absolute atomic E-state index is 12.5. The number of pyridine rings is 1. The molecule has 2 aromatic rings. The lowest BCUT2D eigenvalue weighted by molar-refractivity contribution is 0.190. The van der Waals surface area contributed by atoms with Gasteiger partial charge in [0.2, 0.25) is 0 Å². The number of thiophene rings is 1. The molecule has 0 bridgehead atoms. The fraction of sp³-hybridized carbons (Fsp3) is 0.375. The molecular formula is C16H19N3OS. The second-order valence-corrected chi connectivity index (χ2v) is 6.30. The summed E-state index contributed by atoms with van der Waals surface area (Å²) in [7, 11) is 0. The Bertz CT molecular complexity index is 585. The Labute approximate surface area is 128 Å². The number of hydrogen-bond donors (Lipinski definition) is 1. The van der Waals surface area contributed by atoms with Crippen molar-refractivity contribution in [1.82, 2.24) is 15.2 Å². The standard InChI is InChI=1S/C16H19N3OS/c1-12(13-6-8-17-9-7-13)18-16(20)19-10-2-4-14(19)15-5-3-11-21-15/h3,5-9,11-12,14H,2,4,10H2,1H3,(H,18,20). The van der Waals surface area contributed by atoms with Gasteiger partial charge in [-0.2, -0.15) is 0 Å². The van der Waals surface area contributed by atoms with Crippen LogP contribution < -0.4 is 5.32 Å². The maximum atomic E-state index is 12.5. The average Bonchev–Trinajstić information content (AvgIpc) is 3.18. The summed E-state index contributed by atoms with van der Waals surface area (Å²) in [4.78, 5) is 19.8. The average molecular weight is 301 g/mol. The third-order valence-electron chi connectivity index (χ3n) is 3.93. The first kappa shape index (κ1) is 14.1. The number of urea groups is 1. The molecule has 1 saturated heterocycles. The van der Waals surface area contributed by atoms with E-state index in [1.54, 1.807) is 23.7 Å². The van der Waals surface area contributed by atoms with Crippen LogP contribution in [0.1, 0.15) is 42.3 Å². The zero-order valence-electron chi connectivity index (χ0n) is 12.0. The van der Waals surface area contributed by atoms with Crippen molar-refractivity contribution in [1.29, 1.82) is 0 Å². The number of likely N-dealkylation sites (tertiary alicyclic amines) is 1. The minimum Gasteiger partial charge on any atom is -0.331 e. The fourth-order valence-electron chi connectivity index (χ4n) is 2.79. The molecule has 3 rings (SSSR count). The Morgan fingerprint density at radius 2 is 2.24 bits per heavy atom. The number of carbonyl (C=O) groups excluding carboxylic acids is 1. The van der Waals surface area contributed by atoms with Gasteiger partial charge in [0.1, 0.15) is 0 Å². The molecule has 2 unspecified atom stereocenters. The summed E-state index contributed by atoms with van der Waals surface area (Å²) >= 11 is 1.73. The van der Waals surface area contributed by atoms with Gasteiger partial charge in [-0.1, -0.05) is 6.07 Å². The minimum absolute atomic E-state index is 0.00918. The number of hydrogen-bond acceptors (Lipinski definition) is 3. The summed E-state index contributed by atoms with van der Waals surface area (Å²) in [6.07, 6.45) is 5.63. The summed E-state index contributed by atoms with van der Waals surface area (Å²) < 4.78 is 0. The summed E-state index contributed by atoms with van der Waals surface area (Å²) in [5, 5.41) is 5.17. The first-order valence-corrected chi connectivity index (χ1v) is 8.14. The van der Waals surface area contributed by atoms with Crippen molar-refractivity contribution in [3.63, 3.8) is 0 Å². The Kier molecular flexibility index (Phi) is 4.20. The van der Waals surface area contributed by atoms with Crippen molar-refractivity contribution in [3.8, 4) is 0 Å². The zero-order chi connectivity index (χ0) is 14.7. The molecule has 2 aromatic heterocycles. The SMILES string of the molecule is CC(NC(=O)N1CCCC1c1cccs1)c1ccncc1. The van der Waals surface area contributed by atoms with Crippen molar-refractivity contribution in [3.05, 3.63) is 52.5 Å². The highest BCUT2D eigenvalue weighted by Crippen LogP contribution is 2.34. The van der Waals surface area contributed by atoms with Crippen LogP contribution in [0.5, 0.6) is 0 Å². The van der Waals surface area contributed by atoms with Gasteiger partial charge < -0.3 is 10.2 Å². The van der Waals surface area contributed by atoms with Crippen LogP contribution in [0.15, 0.2) is 42.0 Å². The molecule has 0 aliphatic carbocycles. The van der Waals surface area contributed by atoms with E-state index in [-0.39, 0.29) is 18.1 Å². The van der Waals surface area contributed by atoms with Gasteiger partial charge in [0.05, 0.1) is 12.1 Å². The normalized spacial score (nSPS) is 19.5.